The van der Waals surface area contributed by atoms with Crippen molar-refractivity contribution in [2.75, 3.05) is 0 Å². The van der Waals surface area contributed by atoms with Crippen molar-refractivity contribution in [2.24, 2.45) is 0 Å². The highest BCUT2D eigenvalue weighted by atomic mass is 14.1. The van der Waals surface area contributed by atoms with Gasteiger partial charge in [-0.25, -0.2) is 0 Å². The minimum atomic E-state index is 0.672. The first kappa shape index (κ1) is 17.3. The van der Waals surface area contributed by atoms with Gasteiger partial charge in [-0.3, -0.25) is 0 Å². The number of hydrogen-bond donors (Lipinski definition) is 0. The van der Waals surface area contributed by atoms with Crippen molar-refractivity contribution in [1.82, 2.24) is 0 Å². The van der Waals surface area contributed by atoms with Crippen LogP contribution < -0.4 is 0 Å². The lowest BCUT2D eigenvalue weighted by molar-refractivity contribution is 0.534. The van der Waals surface area contributed by atoms with Crippen LogP contribution in [0.5, 0.6) is 0 Å². The van der Waals surface area contributed by atoms with Crippen LogP contribution in [0.2, 0.25) is 0 Å². The van der Waals surface area contributed by atoms with Crippen molar-refractivity contribution in [3.63, 3.8) is 0 Å². The third-order valence-corrected chi connectivity index (χ3v) is 4.25. The van der Waals surface area contributed by atoms with E-state index in [4.69, 9.17) is 0 Å². The Morgan fingerprint density at radius 3 is 2.00 bits per heavy atom. The molecule has 0 heteroatoms. The summed E-state index contributed by atoms with van der Waals surface area (Å²) in [5.41, 5.74) is 1.38. The Balaban J connectivity index is 1.90. The molecule has 1 unspecified atom stereocenters. The van der Waals surface area contributed by atoms with Crippen LogP contribution in [0.4, 0.5) is 0 Å². The highest BCUT2D eigenvalue weighted by Crippen LogP contribution is 2.21. The Hall–Kier alpha value is -0.780. The van der Waals surface area contributed by atoms with Crippen LogP contribution in [0.3, 0.4) is 0 Å². The summed E-state index contributed by atoms with van der Waals surface area (Å²) in [6.07, 6.45) is 15.6. The summed E-state index contributed by atoms with van der Waals surface area (Å²) in [6.45, 7) is 4.62. The average Bonchev–Trinajstić information content (AvgIpc) is 2.50. The van der Waals surface area contributed by atoms with Gasteiger partial charge in [-0.05, 0) is 24.0 Å². The lowest BCUT2D eigenvalue weighted by Gasteiger charge is -2.11. The van der Waals surface area contributed by atoms with Gasteiger partial charge in [-0.1, -0.05) is 102 Å². The predicted octanol–water partition coefficient (Wildman–Crippen LogP) is 6.90. The summed E-state index contributed by atoms with van der Waals surface area (Å²) < 4.78 is 0. The molecule has 0 fully saturated rings. The third kappa shape index (κ3) is 8.40. The van der Waals surface area contributed by atoms with E-state index in [0.29, 0.717) is 5.92 Å². The summed E-state index contributed by atoms with van der Waals surface area (Å²) >= 11 is 0. The van der Waals surface area contributed by atoms with Crippen molar-refractivity contribution in [1.29, 1.82) is 0 Å². The molecule has 0 amide bonds. The molecule has 0 spiro atoms. The zero-order chi connectivity index (χ0) is 14.5. The molecule has 113 valence electrons. The molecule has 20 heavy (non-hydrogen) atoms. The van der Waals surface area contributed by atoms with E-state index < -0.39 is 0 Å². The Morgan fingerprint density at radius 1 is 0.850 bits per heavy atom. The van der Waals surface area contributed by atoms with E-state index in [1.165, 1.54) is 76.2 Å². The van der Waals surface area contributed by atoms with E-state index in [9.17, 15) is 0 Å². The van der Waals surface area contributed by atoms with E-state index >= 15 is 0 Å². The summed E-state index contributed by atoms with van der Waals surface area (Å²) in [7, 11) is 0. The molecule has 1 radical (unpaired) electrons. The van der Waals surface area contributed by atoms with Gasteiger partial charge in [0.25, 0.3) is 0 Å². The second-order valence-corrected chi connectivity index (χ2v) is 6.19. The number of benzene rings is 1. The van der Waals surface area contributed by atoms with Crippen molar-refractivity contribution in [2.45, 2.75) is 90.4 Å². The third-order valence-electron chi connectivity index (χ3n) is 4.25. The largest absolute Gasteiger partial charge is 0.0654 e. The molecule has 0 aliphatic rings. The monoisotopic (exact) mass is 273 g/mol. The maximum absolute atomic E-state index is 3.35. The molecule has 0 saturated carbocycles. The van der Waals surface area contributed by atoms with Gasteiger partial charge >= 0.3 is 0 Å². The minimum Gasteiger partial charge on any atom is -0.0654 e. The summed E-state index contributed by atoms with van der Waals surface area (Å²) in [6, 6.07) is 11.8. The topological polar surface area (TPSA) is 0 Å². The number of hydrogen-bond acceptors (Lipinski definition) is 0. The fourth-order valence-electron chi connectivity index (χ4n) is 2.81. The van der Waals surface area contributed by atoms with Crippen LogP contribution >= 0.6 is 0 Å². The Labute approximate surface area is 127 Å². The van der Waals surface area contributed by atoms with E-state index in [-0.39, 0.29) is 0 Å². The molecule has 1 aromatic rings. The lowest BCUT2D eigenvalue weighted by Crippen LogP contribution is -1.93. The Bertz CT molecular complexity index is 301. The van der Waals surface area contributed by atoms with Crippen LogP contribution in [-0.2, 0) is 0 Å². The second-order valence-electron chi connectivity index (χ2n) is 6.19. The smallest absolute Gasteiger partial charge is 0.0146 e. The van der Waals surface area contributed by atoms with Gasteiger partial charge in [-0.2, -0.15) is 0 Å². The van der Waals surface area contributed by atoms with Gasteiger partial charge in [0.05, 0.1) is 0 Å². The number of unbranched alkanes of at least 4 members (excludes halogenated alkanes) is 9. The first-order valence-corrected chi connectivity index (χ1v) is 8.81. The molecule has 1 rings (SSSR count). The summed E-state index contributed by atoms with van der Waals surface area (Å²) in [5, 5.41) is 0. The quantitative estimate of drug-likeness (QED) is 0.363. The van der Waals surface area contributed by atoms with E-state index in [2.05, 4.69) is 38.1 Å². The zero-order valence-electron chi connectivity index (χ0n) is 13.7. The number of rotatable bonds is 12. The molecule has 1 aromatic carbocycles. The summed E-state index contributed by atoms with van der Waals surface area (Å²) in [5.74, 6) is 0.672. The minimum absolute atomic E-state index is 0.672. The van der Waals surface area contributed by atoms with Crippen LogP contribution in [0, 0.1) is 6.07 Å². The molecule has 0 aromatic heterocycles. The van der Waals surface area contributed by atoms with Gasteiger partial charge < -0.3 is 0 Å². The molecule has 0 aliphatic carbocycles. The maximum Gasteiger partial charge on any atom is -0.0146 e. The molecule has 0 nitrogen and oxygen atoms in total. The van der Waals surface area contributed by atoms with Gasteiger partial charge in [0, 0.05) is 0 Å². The lowest BCUT2D eigenvalue weighted by atomic mass is 9.95. The second kappa shape index (κ2) is 12.0. The van der Waals surface area contributed by atoms with E-state index in [0.717, 1.165) is 0 Å². The van der Waals surface area contributed by atoms with Gasteiger partial charge in [-0.15, -0.1) is 0 Å². The van der Waals surface area contributed by atoms with Crippen molar-refractivity contribution in [3.8, 4) is 0 Å². The van der Waals surface area contributed by atoms with Crippen LogP contribution in [0.15, 0.2) is 24.3 Å². The van der Waals surface area contributed by atoms with Crippen molar-refractivity contribution >= 4 is 0 Å². The van der Waals surface area contributed by atoms with E-state index in [1.54, 1.807) is 0 Å². The molecule has 0 aliphatic heterocycles. The Kier molecular flexibility index (Phi) is 10.4. The molecule has 0 N–H and O–H groups in total. The normalized spacial score (nSPS) is 12.5. The predicted molar refractivity (Wildman–Crippen MR) is 90.2 cm³/mol. The van der Waals surface area contributed by atoms with Gasteiger partial charge in [0.15, 0.2) is 0 Å². The van der Waals surface area contributed by atoms with Crippen molar-refractivity contribution < 1.29 is 0 Å². The molecule has 1 atom stereocenters. The maximum atomic E-state index is 3.35. The summed E-state index contributed by atoms with van der Waals surface area (Å²) in [4.78, 5) is 0. The van der Waals surface area contributed by atoms with Crippen LogP contribution in [0.25, 0.3) is 0 Å². The van der Waals surface area contributed by atoms with Crippen LogP contribution in [-0.4, -0.2) is 0 Å². The van der Waals surface area contributed by atoms with Crippen LogP contribution in [0.1, 0.15) is 96.0 Å². The molecular weight excluding hydrogens is 240 g/mol. The first-order valence-electron chi connectivity index (χ1n) is 8.81. The highest BCUT2D eigenvalue weighted by molar-refractivity contribution is 5.16. The molecule has 0 heterocycles. The highest BCUT2D eigenvalue weighted by Gasteiger charge is 2.04. The standard InChI is InChI=1S/C20H33/c1-3-4-5-6-7-8-9-10-11-13-16-19(2)20-17-14-12-15-18-20/h12,14-15,17,19H,3-11,13,16H2,1-2H3. The molecule has 0 bridgehead atoms. The SMILES string of the molecule is CCCCCCCCCCCCC(C)c1[c]cccc1. The van der Waals surface area contributed by atoms with Crippen molar-refractivity contribution in [3.05, 3.63) is 35.9 Å². The molecular formula is C20H33. The fourth-order valence-corrected chi connectivity index (χ4v) is 2.81. The van der Waals surface area contributed by atoms with Gasteiger partial charge in [0.1, 0.15) is 0 Å². The zero-order valence-corrected chi connectivity index (χ0v) is 13.7. The average molecular weight is 273 g/mol. The first-order chi connectivity index (χ1) is 9.84. The van der Waals surface area contributed by atoms with Gasteiger partial charge in [0.2, 0.25) is 0 Å². The molecule has 0 saturated heterocycles. The Morgan fingerprint density at radius 2 is 1.45 bits per heavy atom. The fraction of sp³-hybridized carbons (Fsp3) is 0.700. The van der Waals surface area contributed by atoms with E-state index in [1.807, 2.05) is 6.07 Å².